The second-order valence-corrected chi connectivity index (χ2v) is 4.58. The van der Waals surface area contributed by atoms with Crippen LogP contribution in [0.25, 0.3) is 0 Å². The molecular formula is C13H20N2O. The third-order valence-electron chi connectivity index (χ3n) is 3.39. The minimum absolute atomic E-state index is 0.374. The summed E-state index contributed by atoms with van der Waals surface area (Å²) in [7, 11) is 0. The Labute approximate surface area is 97.2 Å². The van der Waals surface area contributed by atoms with Gasteiger partial charge in [0.2, 0.25) is 0 Å². The SMILES string of the molecule is CC(NC(C)C1CCOC1)c1ccncc1. The van der Waals surface area contributed by atoms with Gasteiger partial charge >= 0.3 is 0 Å². The highest BCUT2D eigenvalue weighted by atomic mass is 16.5. The first-order valence-corrected chi connectivity index (χ1v) is 6.01. The lowest BCUT2D eigenvalue weighted by atomic mass is 9.99. The van der Waals surface area contributed by atoms with E-state index in [9.17, 15) is 0 Å². The molecule has 2 rings (SSSR count). The van der Waals surface area contributed by atoms with Gasteiger partial charge in [0.05, 0.1) is 6.61 Å². The molecule has 1 aliphatic rings. The average Bonchev–Trinajstić information content (AvgIpc) is 2.83. The molecule has 1 fully saturated rings. The van der Waals surface area contributed by atoms with E-state index >= 15 is 0 Å². The maximum atomic E-state index is 5.42. The van der Waals surface area contributed by atoms with E-state index < -0.39 is 0 Å². The van der Waals surface area contributed by atoms with Crippen LogP contribution in [0.15, 0.2) is 24.5 Å². The van der Waals surface area contributed by atoms with Gasteiger partial charge in [0, 0.05) is 31.1 Å². The predicted molar refractivity (Wildman–Crippen MR) is 64.2 cm³/mol. The highest BCUT2D eigenvalue weighted by molar-refractivity contribution is 5.14. The lowest BCUT2D eigenvalue weighted by Crippen LogP contribution is -2.35. The molecular weight excluding hydrogens is 200 g/mol. The lowest BCUT2D eigenvalue weighted by Gasteiger charge is -2.24. The molecule has 0 saturated carbocycles. The first-order valence-electron chi connectivity index (χ1n) is 6.01. The van der Waals surface area contributed by atoms with E-state index in [0.717, 1.165) is 13.2 Å². The van der Waals surface area contributed by atoms with Crippen LogP contribution in [0.3, 0.4) is 0 Å². The van der Waals surface area contributed by atoms with Gasteiger partial charge in [-0.3, -0.25) is 4.98 Å². The van der Waals surface area contributed by atoms with Crippen LogP contribution in [-0.4, -0.2) is 24.2 Å². The maximum absolute atomic E-state index is 5.42. The molecule has 3 atom stereocenters. The second kappa shape index (κ2) is 5.41. The molecule has 1 saturated heterocycles. The largest absolute Gasteiger partial charge is 0.381 e. The van der Waals surface area contributed by atoms with Gasteiger partial charge in [-0.05, 0) is 43.9 Å². The van der Waals surface area contributed by atoms with E-state index in [1.54, 1.807) is 0 Å². The van der Waals surface area contributed by atoms with Crippen LogP contribution in [-0.2, 0) is 4.74 Å². The number of hydrogen-bond donors (Lipinski definition) is 1. The smallest absolute Gasteiger partial charge is 0.0509 e. The van der Waals surface area contributed by atoms with Gasteiger partial charge in [0.1, 0.15) is 0 Å². The minimum atomic E-state index is 0.374. The van der Waals surface area contributed by atoms with Crippen molar-refractivity contribution in [3.63, 3.8) is 0 Å². The van der Waals surface area contributed by atoms with E-state index in [0.29, 0.717) is 18.0 Å². The van der Waals surface area contributed by atoms with Crippen molar-refractivity contribution in [2.75, 3.05) is 13.2 Å². The van der Waals surface area contributed by atoms with Crippen LogP contribution in [0.4, 0.5) is 0 Å². The Kier molecular flexibility index (Phi) is 3.91. The fourth-order valence-electron chi connectivity index (χ4n) is 2.23. The molecule has 1 aliphatic heterocycles. The zero-order chi connectivity index (χ0) is 11.4. The highest BCUT2D eigenvalue weighted by Gasteiger charge is 2.23. The van der Waals surface area contributed by atoms with E-state index in [4.69, 9.17) is 4.74 Å². The van der Waals surface area contributed by atoms with Crippen molar-refractivity contribution in [2.24, 2.45) is 5.92 Å². The monoisotopic (exact) mass is 220 g/mol. The number of rotatable bonds is 4. The molecule has 0 spiro atoms. The van der Waals surface area contributed by atoms with Crippen molar-refractivity contribution in [3.05, 3.63) is 30.1 Å². The van der Waals surface area contributed by atoms with Crippen molar-refractivity contribution < 1.29 is 4.74 Å². The Bertz CT molecular complexity index is 309. The summed E-state index contributed by atoms with van der Waals surface area (Å²) >= 11 is 0. The Morgan fingerprint density at radius 3 is 2.75 bits per heavy atom. The molecule has 88 valence electrons. The van der Waals surface area contributed by atoms with Gasteiger partial charge in [-0.15, -0.1) is 0 Å². The Morgan fingerprint density at radius 1 is 1.38 bits per heavy atom. The van der Waals surface area contributed by atoms with Gasteiger partial charge in [-0.2, -0.15) is 0 Å². The number of hydrogen-bond acceptors (Lipinski definition) is 3. The Balaban J connectivity index is 1.89. The molecule has 0 aromatic carbocycles. The van der Waals surface area contributed by atoms with Crippen LogP contribution < -0.4 is 5.32 Å². The van der Waals surface area contributed by atoms with Crippen LogP contribution in [0, 0.1) is 5.92 Å². The molecule has 0 amide bonds. The van der Waals surface area contributed by atoms with Gasteiger partial charge < -0.3 is 10.1 Å². The number of aromatic nitrogens is 1. The van der Waals surface area contributed by atoms with Gasteiger partial charge in [0.25, 0.3) is 0 Å². The summed E-state index contributed by atoms with van der Waals surface area (Å²) in [5, 5.41) is 3.63. The van der Waals surface area contributed by atoms with Crippen molar-refractivity contribution in [3.8, 4) is 0 Å². The number of nitrogens with one attached hydrogen (secondary N) is 1. The molecule has 1 N–H and O–H groups in total. The summed E-state index contributed by atoms with van der Waals surface area (Å²) in [5.74, 6) is 0.657. The van der Waals surface area contributed by atoms with Gasteiger partial charge in [0.15, 0.2) is 0 Å². The quantitative estimate of drug-likeness (QED) is 0.844. The molecule has 2 heterocycles. The second-order valence-electron chi connectivity index (χ2n) is 4.58. The Morgan fingerprint density at radius 2 is 2.12 bits per heavy atom. The fourth-order valence-corrected chi connectivity index (χ4v) is 2.23. The minimum Gasteiger partial charge on any atom is -0.381 e. The highest BCUT2D eigenvalue weighted by Crippen LogP contribution is 2.19. The van der Waals surface area contributed by atoms with Gasteiger partial charge in [-0.25, -0.2) is 0 Å². The third-order valence-corrected chi connectivity index (χ3v) is 3.39. The first-order chi connectivity index (χ1) is 7.77. The number of nitrogens with zero attached hydrogens (tertiary/aromatic N) is 1. The maximum Gasteiger partial charge on any atom is 0.0509 e. The summed E-state index contributed by atoms with van der Waals surface area (Å²) < 4.78 is 5.42. The van der Waals surface area contributed by atoms with Crippen LogP contribution in [0.1, 0.15) is 31.9 Å². The molecule has 0 radical (unpaired) electrons. The summed E-state index contributed by atoms with van der Waals surface area (Å²) in [6, 6.07) is 5.01. The zero-order valence-electron chi connectivity index (χ0n) is 10.0. The van der Waals surface area contributed by atoms with E-state index in [1.165, 1.54) is 12.0 Å². The molecule has 3 nitrogen and oxygen atoms in total. The van der Waals surface area contributed by atoms with Crippen molar-refractivity contribution in [1.29, 1.82) is 0 Å². The molecule has 1 aromatic heterocycles. The van der Waals surface area contributed by atoms with Crippen LogP contribution in [0.2, 0.25) is 0 Å². The normalized spacial score (nSPS) is 24.2. The molecule has 16 heavy (non-hydrogen) atoms. The van der Waals surface area contributed by atoms with E-state index in [2.05, 4.69) is 36.3 Å². The summed E-state index contributed by atoms with van der Waals surface area (Å²) in [6.07, 6.45) is 4.87. The standard InChI is InChI=1S/C13H20N2O/c1-10(12-3-6-14-7-4-12)15-11(2)13-5-8-16-9-13/h3-4,6-7,10-11,13,15H,5,8-9H2,1-2H3. The van der Waals surface area contributed by atoms with Crippen molar-refractivity contribution in [1.82, 2.24) is 10.3 Å². The van der Waals surface area contributed by atoms with Crippen molar-refractivity contribution in [2.45, 2.75) is 32.4 Å². The van der Waals surface area contributed by atoms with Crippen molar-refractivity contribution >= 4 is 0 Å². The third kappa shape index (κ3) is 2.80. The van der Waals surface area contributed by atoms with E-state index in [1.807, 2.05) is 12.4 Å². The summed E-state index contributed by atoms with van der Waals surface area (Å²) in [4.78, 5) is 4.04. The predicted octanol–water partition coefficient (Wildman–Crippen LogP) is 2.16. The molecule has 3 heteroatoms. The molecule has 3 unspecified atom stereocenters. The average molecular weight is 220 g/mol. The van der Waals surface area contributed by atoms with E-state index in [-0.39, 0.29) is 0 Å². The molecule has 0 aliphatic carbocycles. The van der Waals surface area contributed by atoms with Crippen LogP contribution in [0.5, 0.6) is 0 Å². The molecule has 0 bridgehead atoms. The van der Waals surface area contributed by atoms with Crippen LogP contribution >= 0.6 is 0 Å². The number of pyridine rings is 1. The first kappa shape index (κ1) is 11.6. The molecule has 1 aromatic rings. The zero-order valence-corrected chi connectivity index (χ0v) is 10.0. The Hall–Kier alpha value is -0.930. The lowest BCUT2D eigenvalue weighted by molar-refractivity contribution is 0.177. The fraction of sp³-hybridized carbons (Fsp3) is 0.615. The topological polar surface area (TPSA) is 34.1 Å². The van der Waals surface area contributed by atoms with Gasteiger partial charge in [-0.1, -0.05) is 0 Å². The number of ether oxygens (including phenoxy) is 1. The summed E-state index contributed by atoms with van der Waals surface area (Å²) in [6.45, 7) is 6.26. The summed E-state index contributed by atoms with van der Waals surface area (Å²) in [5.41, 5.74) is 1.29.